The first-order valence-corrected chi connectivity index (χ1v) is 12.7. The van der Waals surface area contributed by atoms with Crippen molar-refractivity contribution in [3.8, 4) is 5.75 Å². The Bertz CT molecular complexity index is 1230. The Kier molecular flexibility index (Phi) is 8.67. The minimum Gasteiger partial charge on any atom is -0.493 e. The van der Waals surface area contributed by atoms with Crippen LogP contribution in [0.1, 0.15) is 30.5 Å². The molecule has 0 unspecified atom stereocenters. The largest absolute Gasteiger partial charge is 0.493 e. The molecule has 0 fully saturated rings. The van der Waals surface area contributed by atoms with Gasteiger partial charge in [0.25, 0.3) is 10.2 Å². The van der Waals surface area contributed by atoms with Gasteiger partial charge in [0.05, 0.1) is 12.8 Å². The van der Waals surface area contributed by atoms with Crippen LogP contribution in [0, 0.1) is 13.8 Å². The molecule has 182 valence electrons. The van der Waals surface area contributed by atoms with Crippen LogP contribution in [0.2, 0.25) is 5.02 Å². The Hall–Kier alpha value is -2.92. The summed E-state index contributed by atoms with van der Waals surface area (Å²) in [6.07, 6.45) is 1.50. The maximum atomic E-state index is 12.0. The lowest BCUT2D eigenvalue weighted by Gasteiger charge is -2.15. The number of benzene rings is 2. The van der Waals surface area contributed by atoms with E-state index in [-0.39, 0.29) is 6.54 Å². The third-order valence-electron chi connectivity index (χ3n) is 4.81. The molecule has 0 amide bonds. The quantitative estimate of drug-likeness (QED) is 0.302. The number of hydrogen-bond acceptors (Lipinski definition) is 7. The van der Waals surface area contributed by atoms with E-state index in [0.29, 0.717) is 35.6 Å². The highest BCUT2D eigenvalue weighted by molar-refractivity contribution is 7.87. The van der Waals surface area contributed by atoms with E-state index in [9.17, 15) is 8.42 Å². The Morgan fingerprint density at radius 2 is 1.74 bits per heavy atom. The number of aryl methyl sites for hydroxylation is 2. The van der Waals surface area contributed by atoms with Gasteiger partial charge in [0, 0.05) is 24.5 Å². The van der Waals surface area contributed by atoms with Crippen molar-refractivity contribution in [1.29, 1.82) is 0 Å². The fourth-order valence-corrected chi connectivity index (χ4v) is 4.34. The minimum atomic E-state index is -3.58. The van der Waals surface area contributed by atoms with Crippen LogP contribution in [-0.2, 0) is 16.8 Å². The molecule has 0 bridgehead atoms. The average Bonchev–Trinajstić information content (AvgIpc) is 2.78. The van der Waals surface area contributed by atoms with E-state index >= 15 is 0 Å². The SMILES string of the molecule is CCNS(=O)(=O)NCc1ccccc1Nc1nc(Nc2cc(C)c(OCC)c(C)c2)ncc1Cl. The third kappa shape index (κ3) is 6.80. The summed E-state index contributed by atoms with van der Waals surface area (Å²) in [4.78, 5) is 8.79. The predicted molar refractivity (Wildman–Crippen MR) is 137 cm³/mol. The maximum absolute atomic E-state index is 12.0. The van der Waals surface area contributed by atoms with E-state index in [4.69, 9.17) is 16.3 Å². The molecule has 1 heterocycles. The first kappa shape index (κ1) is 25.7. The zero-order valence-corrected chi connectivity index (χ0v) is 21.1. The number of aromatic nitrogens is 2. The molecule has 2 aromatic carbocycles. The lowest BCUT2D eigenvalue weighted by Crippen LogP contribution is -2.35. The topological polar surface area (TPSA) is 117 Å². The molecule has 0 aliphatic carbocycles. The smallest absolute Gasteiger partial charge is 0.277 e. The monoisotopic (exact) mass is 504 g/mol. The van der Waals surface area contributed by atoms with Crippen LogP contribution < -0.4 is 24.8 Å². The second kappa shape index (κ2) is 11.5. The van der Waals surface area contributed by atoms with Gasteiger partial charge in [-0.05, 0) is 55.7 Å². The van der Waals surface area contributed by atoms with Crippen LogP contribution in [0.4, 0.5) is 23.1 Å². The first-order valence-electron chi connectivity index (χ1n) is 10.8. The molecule has 1 aromatic heterocycles. The molecule has 0 saturated heterocycles. The molecule has 11 heteroatoms. The number of rotatable bonds is 11. The fraction of sp³-hybridized carbons (Fsp3) is 0.304. The second-order valence-electron chi connectivity index (χ2n) is 7.49. The van der Waals surface area contributed by atoms with E-state index in [1.165, 1.54) is 6.20 Å². The van der Waals surface area contributed by atoms with Gasteiger partial charge in [-0.15, -0.1) is 0 Å². The molecule has 0 aliphatic rings. The van der Waals surface area contributed by atoms with Crippen LogP contribution >= 0.6 is 11.6 Å². The summed E-state index contributed by atoms with van der Waals surface area (Å²) in [6.45, 7) is 8.64. The van der Waals surface area contributed by atoms with Gasteiger partial charge in [0.2, 0.25) is 5.95 Å². The summed E-state index contributed by atoms with van der Waals surface area (Å²) in [6, 6.07) is 11.2. The number of anilines is 4. The van der Waals surface area contributed by atoms with Crippen LogP contribution in [0.3, 0.4) is 0 Å². The molecule has 4 N–H and O–H groups in total. The number of ether oxygens (including phenoxy) is 1. The molecule has 0 atom stereocenters. The molecule has 0 saturated carbocycles. The van der Waals surface area contributed by atoms with Crippen molar-refractivity contribution in [3.05, 3.63) is 64.3 Å². The highest BCUT2D eigenvalue weighted by atomic mass is 35.5. The Balaban J connectivity index is 1.81. The van der Waals surface area contributed by atoms with Crippen molar-refractivity contribution < 1.29 is 13.2 Å². The van der Waals surface area contributed by atoms with Crippen molar-refractivity contribution in [3.63, 3.8) is 0 Å². The Morgan fingerprint density at radius 1 is 1.03 bits per heavy atom. The molecule has 0 radical (unpaired) electrons. The van der Waals surface area contributed by atoms with E-state index < -0.39 is 10.2 Å². The van der Waals surface area contributed by atoms with Gasteiger partial charge >= 0.3 is 0 Å². The standard InChI is InChI=1S/C23H29ClN6O3S/c1-5-26-34(31,32)27-13-17-9-7-8-10-20(17)29-22-19(24)14-25-23(30-22)28-18-11-15(3)21(33-6-2)16(4)12-18/h7-12,14,26-27H,5-6,13H2,1-4H3,(H2,25,28,29,30). The van der Waals surface area contributed by atoms with Gasteiger partial charge in [-0.2, -0.15) is 18.1 Å². The normalized spacial score (nSPS) is 11.3. The van der Waals surface area contributed by atoms with Gasteiger partial charge < -0.3 is 15.4 Å². The van der Waals surface area contributed by atoms with Crippen LogP contribution in [-0.4, -0.2) is 31.5 Å². The van der Waals surface area contributed by atoms with Crippen molar-refractivity contribution in [1.82, 2.24) is 19.4 Å². The first-order chi connectivity index (χ1) is 16.2. The highest BCUT2D eigenvalue weighted by Crippen LogP contribution is 2.30. The van der Waals surface area contributed by atoms with Gasteiger partial charge in [-0.1, -0.05) is 36.7 Å². The maximum Gasteiger partial charge on any atom is 0.277 e. The van der Waals surface area contributed by atoms with Gasteiger partial charge in [0.15, 0.2) is 5.82 Å². The minimum absolute atomic E-state index is 0.0943. The predicted octanol–water partition coefficient (Wildman–Crippen LogP) is 4.58. The van der Waals surface area contributed by atoms with Gasteiger partial charge in [-0.3, -0.25) is 0 Å². The summed E-state index contributed by atoms with van der Waals surface area (Å²) < 4.78 is 34.5. The molecule has 9 nitrogen and oxygen atoms in total. The Labute approximate surface area is 205 Å². The summed E-state index contributed by atoms with van der Waals surface area (Å²) in [5.41, 5.74) is 4.23. The summed E-state index contributed by atoms with van der Waals surface area (Å²) in [5.74, 6) is 1.62. The van der Waals surface area contributed by atoms with E-state index in [1.807, 2.05) is 57.2 Å². The zero-order chi connectivity index (χ0) is 24.7. The molecule has 0 spiro atoms. The van der Waals surface area contributed by atoms with Crippen molar-refractivity contribution >= 4 is 45.0 Å². The lowest BCUT2D eigenvalue weighted by atomic mass is 10.1. The van der Waals surface area contributed by atoms with E-state index in [0.717, 1.165) is 28.1 Å². The van der Waals surface area contributed by atoms with Gasteiger partial charge in [-0.25, -0.2) is 9.71 Å². The molecular weight excluding hydrogens is 476 g/mol. The van der Waals surface area contributed by atoms with Crippen LogP contribution in [0.15, 0.2) is 42.6 Å². The van der Waals surface area contributed by atoms with Crippen molar-refractivity contribution in [2.45, 2.75) is 34.2 Å². The number of halogens is 1. The van der Waals surface area contributed by atoms with Crippen LogP contribution in [0.25, 0.3) is 0 Å². The van der Waals surface area contributed by atoms with E-state index in [1.54, 1.807) is 6.92 Å². The second-order valence-corrected chi connectivity index (χ2v) is 9.48. The summed E-state index contributed by atoms with van der Waals surface area (Å²) >= 11 is 6.35. The van der Waals surface area contributed by atoms with Crippen molar-refractivity contribution in [2.24, 2.45) is 0 Å². The third-order valence-corrected chi connectivity index (χ3v) is 6.28. The zero-order valence-electron chi connectivity index (χ0n) is 19.6. The van der Waals surface area contributed by atoms with Crippen molar-refractivity contribution in [2.75, 3.05) is 23.8 Å². The molecule has 3 rings (SSSR count). The number of hydrogen-bond donors (Lipinski definition) is 4. The number of nitrogens with zero attached hydrogens (tertiary/aromatic N) is 2. The summed E-state index contributed by atoms with van der Waals surface area (Å²) in [5, 5.41) is 6.72. The molecule has 0 aliphatic heterocycles. The number of para-hydroxylation sites is 1. The fourth-order valence-electron chi connectivity index (χ4n) is 3.38. The lowest BCUT2D eigenvalue weighted by molar-refractivity contribution is 0.335. The molecule has 34 heavy (non-hydrogen) atoms. The van der Waals surface area contributed by atoms with Crippen LogP contribution in [0.5, 0.6) is 5.75 Å². The average molecular weight is 505 g/mol. The molecule has 3 aromatic rings. The molecular formula is C23H29ClN6O3S. The highest BCUT2D eigenvalue weighted by Gasteiger charge is 2.13. The number of nitrogens with one attached hydrogen (secondary N) is 4. The van der Waals surface area contributed by atoms with E-state index in [2.05, 4.69) is 30.0 Å². The summed E-state index contributed by atoms with van der Waals surface area (Å²) in [7, 11) is -3.58. The van der Waals surface area contributed by atoms with Gasteiger partial charge in [0.1, 0.15) is 10.8 Å². The Morgan fingerprint density at radius 3 is 2.41 bits per heavy atom.